The molecule has 6 nitrogen and oxygen atoms in total. The fourth-order valence-electron chi connectivity index (χ4n) is 7.78. The van der Waals surface area contributed by atoms with Crippen molar-refractivity contribution < 1.29 is 4.42 Å². The van der Waals surface area contributed by atoms with Crippen LogP contribution in [0.2, 0.25) is 0 Å². The normalized spacial score (nSPS) is 11.9. The summed E-state index contributed by atoms with van der Waals surface area (Å²) in [5.74, 6) is 1.67. The van der Waals surface area contributed by atoms with Crippen LogP contribution in [0.5, 0.6) is 0 Å². The van der Waals surface area contributed by atoms with Gasteiger partial charge in [0, 0.05) is 43.6 Å². The van der Waals surface area contributed by atoms with E-state index in [1.165, 1.54) is 5.39 Å². The third-order valence-corrected chi connectivity index (χ3v) is 9.98. The molecule has 0 unspecified atom stereocenters. The molecule has 0 spiro atoms. The average molecular weight is 654 g/mol. The number of hydrogen-bond acceptors (Lipinski definition) is 4. The summed E-state index contributed by atoms with van der Waals surface area (Å²) in [6.07, 6.45) is 0. The van der Waals surface area contributed by atoms with Gasteiger partial charge in [0.25, 0.3) is 0 Å². The van der Waals surface area contributed by atoms with Crippen LogP contribution in [0.15, 0.2) is 168 Å². The first-order valence-electron chi connectivity index (χ1n) is 17.0. The summed E-state index contributed by atoms with van der Waals surface area (Å²) in [5.41, 5.74) is 8.68. The number of rotatable bonds is 4. The maximum atomic E-state index is 6.50. The first-order valence-corrected chi connectivity index (χ1v) is 17.0. The van der Waals surface area contributed by atoms with Crippen LogP contribution in [-0.2, 0) is 0 Å². The molecule has 0 N–H and O–H groups in total. The number of fused-ring (bicyclic) bond motifs is 10. The standard InChI is InChI=1S/C45H27N5O/c1-3-14-28(15-4-1)43-46-44(36-22-13-21-35-32-20-9-12-25-39(32)51-42(35)36)48-45(47-43)50-38-24-11-8-19-31(38)34-27-26-33-30-18-7-10-23-37(30)49(40(33)41(34)50)29-16-5-2-6-17-29/h1-27H. The number of para-hydroxylation sites is 5. The van der Waals surface area contributed by atoms with Crippen LogP contribution in [0.4, 0.5) is 0 Å². The molecule has 7 aromatic carbocycles. The highest BCUT2D eigenvalue weighted by atomic mass is 16.3. The summed E-state index contributed by atoms with van der Waals surface area (Å²) in [7, 11) is 0. The first-order chi connectivity index (χ1) is 25.3. The van der Waals surface area contributed by atoms with Crippen molar-refractivity contribution in [2.24, 2.45) is 0 Å². The van der Waals surface area contributed by atoms with Gasteiger partial charge in [-0.2, -0.15) is 9.97 Å². The second-order valence-electron chi connectivity index (χ2n) is 12.8. The number of furan rings is 1. The van der Waals surface area contributed by atoms with E-state index < -0.39 is 0 Å². The van der Waals surface area contributed by atoms with Crippen molar-refractivity contribution in [2.45, 2.75) is 0 Å². The van der Waals surface area contributed by atoms with Crippen LogP contribution in [0.1, 0.15) is 0 Å². The Kier molecular flexibility index (Phi) is 5.86. The van der Waals surface area contributed by atoms with Crippen LogP contribution < -0.4 is 0 Å². The highest BCUT2D eigenvalue weighted by Gasteiger charge is 2.24. The lowest BCUT2D eigenvalue weighted by atomic mass is 10.1. The fraction of sp³-hybridized carbons (Fsp3) is 0. The predicted molar refractivity (Wildman–Crippen MR) is 207 cm³/mol. The second kappa shape index (κ2) is 10.7. The minimum Gasteiger partial charge on any atom is -0.455 e. The number of benzene rings is 7. The lowest BCUT2D eigenvalue weighted by Gasteiger charge is -2.13. The van der Waals surface area contributed by atoms with Crippen molar-refractivity contribution in [1.29, 1.82) is 0 Å². The SMILES string of the molecule is c1ccc(-c2nc(-c3cccc4c3oc3ccccc34)nc(-n3c4ccccc4c4ccc5c6ccccc6n(-c6ccccc6)c5c43)n2)cc1. The van der Waals surface area contributed by atoms with Gasteiger partial charge in [-0.3, -0.25) is 4.57 Å². The summed E-state index contributed by atoms with van der Waals surface area (Å²) in [5, 5.41) is 6.69. The predicted octanol–water partition coefficient (Wildman–Crippen LogP) is 11.3. The molecule has 0 atom stereocenters. The summed E-state index contributed by atoms with van der Waals surface area (Å²) >= 11 is 0. The molecule has 51 heavy (non-hydrogen) atoms. The van der Waals surface area contributed by atoms with E-state index in [0.29, 0.717) is 17.6 Å². The van der Waals surface area contributed by atoms with Crippen molar-refractivity contribution >= 4 is 65.6 Å². The van der Waals surface area contributed by atoms with Gasteiger partial charge in [-0.15, -0.1) is 0 Å². The van der Waals surface area contributed by atoms with Crippen molar-refractivity contribution in [3.05, 3.63) is 164 Å². The third-order valence-electron chi connectivity index (χ3n) is 9.98. The van der Waals surface area contributed by atoms with E-state index in [9.17, 15) is 0 Å². The Morgan fingerprint density at radius 2 is 0.961 bits per heavy atom. The summed E-state index contributed by atoms with van der Waals surface area (Å²) in [6.45, 7) is 0. The molecule has 6 heteroatoms. The van der Waals surface area contributed by atoms with Gasteiger partial charge in [-0.1, -0.05) is 127 Å². The summed E-state index contributed by atoms with van der Waals surface area (Å²) in [6, 6.07) is 56.7. The molecular weight excluding hydrogens is 627 g/mol. The molecule has 11 rings (SSSR count). The van der Waals surface area contributed by atoms with Crippen molar-refractivity contribution in [3.63, 3.8) is 0 Å². The average Bonchev–Trinajstić information content (AvgIpc) is 3.86. The Balaban J connectivity index is 1.30. The molecule has 4 heterocycles. The molecule has 0 bridgehead atoms. The Bertz CT molecular complexity index is 3140. The topological polar surface area (TPSA) is 61.7 Å². The van der Waals surface area contributed by atoms with E-state index in [-0.39, 0.29) is 0 Å². The monoisotopic (exact) mass is 653 g/mol. The second-order valence-corrected chi connectivity index (χ2v) is 12.8. The molecule has 0 aliphatic carbocycles. The maximum absolute atomic E-state index is 6.50. The Morgan fingerprint density at radius 3 is 1.71 bits per heavy atom. The van der Waals surface area contributed by atoms with Crippen LogP contribution in [0, 0.1) is 0 Å². The minimum absolute atomic E-state index is 0.538. The molecule has 4 aromatic heterocycles. The van der Waals surface area contributed by atoms with E-state index >= 15 is 0 Å². The Labute approximate surface area is 291 Å². The van der Waals surface area contributed by atoms with Gasteiger partial charge in [-0.25, -0.2) is 4.98 Å². The van der Waals surface area contributed by atoms with Gasteiger partial charge in [0.1, 0.15) is 11.2 Å². The minimum atomic E-state index is 0.538. The van der Waals surface area contributed by atoms with E-state index in [2.05, 4.69) is 112 Å². The summed E-state index contributed by atoms with van der Waals surface area (Å²) < 4.78 is 11.1. The molecule has 0 fully saturated rings. The van der Waals surface area contributed by atoms with E-state index in [4.69, 9.17) is 19.4 Å². The van der Waals surface area contributed by atoms with Crippen LogP contribution in [0.25, 0.3) is 100.0 Å². The molecule has 0 saturated carbocycles. The molecule has 0 amide bonds. The smallest absolute Gasteiger partial charge is 0.238 e. The lowest BCUT2D eigenvalue weighted by molar-refractivity contribution is 0.669. The van der Waals surface area contributed by atoms with Gasteiger partial charge >= 0.3 is 0 Å². The molecule has 0 saturated heterocycles. The summed E-state index contributed by atoms with van der Waals surface area (Å²) in [4.78, 5) is 15.7. The van der Waals surface area contributed by atoms with Crippen LogP contribution in [0.3, 0.4) is 0 Å². The van der Waals surface area contributed by atoms with Crippen molar-refractivity contribution in [1.82, 2.24) is 24.1 Å². The van der Waals surface area contributed by atoms with Crippen LogP contribution in [-0.4, -0.2) is 24.1 Å². The van der Waals surface area contributed by atoms with Gasteiger partial charge in [0.2, 0.25) is 5.95 Å². The zero-order chi connectivity index (χ0) is 33.5. The zero-order valence-electron chi connectivity index (χ0n) is 27.2. The highest BCUT2D eigenvalue weighted by Crippen LogP contribution is 2.42. The van der Waals surface area contributed by atoms with Gasteiger partial charge < -0.3 is 8.98 Å². The zero-order valence-corrected chi connectivity index (χ0v) is 27.2. The third kappa shape index (κ3) is 4.07. The molecule has 0 aliphatic heterocycles. The Hall–Kier alpha value is -7.05. The van der Waals surface area contributed by atoms with Crippen molar-refractivity contribution in [3.8, 4) is 34.4 Å². The first kappa shape index (κ1) is 27.9. The quantitative estimate of drug-likeness (QED) is 0.190. The number of aromatic nitrogens is 5. The van der Waals surface area contributed by atoms with Gasteiger partial charge in [-0.05, 0) is 36.4 Å². The van der Waals surface area contributed by atoms with Crippen LogP contribution >= 0.6 is 0 Å². The van der Waals surface area contributed by atoms with Crippen molar-refractivity contribution in [2.75, 3.05) is 0 Å². The highest BCUT2D eigenvalue weighted by molar-refractivity contribution is 6.23. The molecule has 0 aliphatic rings. The molecular formula is C45H27N5O. The largest absolute Gasteiger partial charge is 0.455 e. The number of hydrogen-bond donors (Lipinski definition) is 0. The fourth-order valence-corrected chi connectivity index (χ4v) is 7.78. The molecule has 0 radical (unpaired) electrons. The maximum Gasteiger partial charge on any atom is 0.238 e. The lowest BCUT2D eigenvalue weighted by Crippen LogP contribution is -2.07. The molecule has 238 valence electrons. The van der Waals surface area contributed by atoms with E-state index in [1.807, 2.05) is 60.7 Å². The van der Waals surface area contributed by atoms with Gasteiger partial charge in [0.15, 0.2) is 11.6 Å². The number of nitrogens with zero attached hydrogens (tertiary/aromatic N) is 5. The Morgan fingerprint density at radius 1 is 0.392 bits per heavy atom. The van der Waals surface area contributed by atoms with Gasteiger partial charge in [0.05, 0.1) is 27.6 Å². The van der Waals surface area contributed by atoms with E-state index in [1.54, 1.807) is 0 Å². The van der Waals surface area contributed by atoms with E-state index in [0.717, 1.165) is 77.0 Å². The molecule has 11 aromatic rings.